The first-order valence-electron chi connectivity index (χ1n) is 7.78. The van der Waals surface area contributed by atoms with E-state index in [0.29, 0.717) is 22.1 Å². The van der Waals surface area contributed by atoms with Gasteiger partial charge in [-0.1, -0.05) is 54.4 Å². The molecule has 2 aromatic rings. The molecule has 0 bridgehead atoms. The van der Waals surface area contributed by atoms with Gasteiger partial charge >= 0.3 is 5.97 Å². The summed E-state index contributed by atoms with van der Waals surface area (Å²) in [5.74, 6) is 0.382. The monoisotopic (exact) mass is 374 g/mol. The predicted molar refractivity (Wildman–Crippen MR) is 99.3 cm³/mol. The second kappa shape index (κ2) is 7.34. The molecule has 0 spiro atoms. The lowest BCUT2D eigenvalue weighted by Crippen LogP contribution is -2.36. The molecule has 3 rings (SSSR count). The summed E-state index contributed by atoms with van der Waals surface area (Å²) in [6.45, 7) is 1.89. The highest BCUT2D eigenvalue weighted by atomic mass is 35.5. The number of halogens is 2. The standard InChI is InChI=1S/C20H16Cl2O3/c1-14-18(21)8-5-13-20(14,22)25-17-11-9-16(10-12-17)24-19(23)15-6-3-2-4-7-15/h2-14H,1H3. The molecule has 1 aliphatic carbocycles. The minimum Gasteiger partial charge on any atom is -0.468 e. The fraction of sp³-hybridized carbons (Fsp3) is 0.150. The molecule has 2 atom stereocenters. The Bertz CT molecular complexity index is 813. The summed E-state index contributed by atoms with van der Waals surface area (Å²) in [6.07, 6.45) is 5.32. The van der Waals surface area contributed by atoms with Crippen molar-refractivity contribution in [3.63, 3.8) is 0 Å². The quantitative estimate of drug-likeness (QED) is 0.399. The van der Waals surface area contributed by atoms with E-state index in [0.717, 1.165) is 0 Å². The van der Waals surface area contributed by atoms with Crippen LogP contribution >= 0.6 is 23.2 Å². The minimum atomic E-state index is -1.05. The van der Waals surface area contributed by atoms with E-state index in [4.69, 9.17) is 32.7 Å². The lowest BCUT2D eigenvalue weighted by molar-refractivity contribution is 0.0734. The van der Waals surface area contributed by atoms with Crippen molar-refractivity contribution in [3.8, 4) is 11.5 Å². The third-order valence-electron chi connectivity index (χ3n) is 3.90. The Hall–Kier alpha value is -2.23. The molecular weight excluding hydrogens is 359 g/mol. The van der Waals surface area contributed by atoms with Gasteiger partial charge in [-0.2, -0.15) is 0 Å². The smallest absolute Gasteiger partial charge is 0.343 e. The molecule has 0 saturated carbocycles. The van der Waals surface area contributed by atoms with Crippen LogP contribution in [-0.4, -0.2) is 11.0 Å². The molecule has 0 aliphatic heterocycles. The molecule has 25 heavy (non-hydrogen) atoms. The minimum absolute atomic E-state index is 0.184. The maximum Gasteiger partial charge on any atom is 0.343 e. The lowest BCUT2D eigenvalue weighted by atomic mass is 9.98. The fourth-order valence-corrected chi connectivity index (χ4v) is 2.94. The Morgan fingerprint density at radius 2 is 1.68 bits per heavy atom. The van der Waals surface area contributed by atoms with Crippen LogP contribution in [0.3, 0.4) is 0 Å². The van der Waals surface area contributed by atoms with E-state index in [-0.39, 0.29) is 5.92 Å². The van der Waals surface area contributed by atoms with E-state index in [1.54, 1.807) is 66.8 Å². The fourth-order valence-electron chi connectivity index (χ4n) is 2.37. The molecule has 0 N–H and O–H groups in total. The maximum atomic E-state index is 12.0. The summed E-state index contributed by atoms with van der Waals surface area (Å²) in [5.41, 5.74) is 0.491. The van der Waals surface area contributed by atoms with Crippen molar-refractivity contribution in [2.45, 2.75) is 12.0 Å². The molecule has 0 amide bonds. The third kappa shape index (κ3) is 4.06. The van der Waals surface area contributed by atoms with Gasteiger partial charge in [-0.15, -0.1) is 0 Å². The molecule has 1 aliphatic rings. The number of carbonyl (C=O) groups excluding carboxylic acids is 1. The van der Waals surface area contributed by atoms with Gasteiger partial charge in [-0.05, 0) is 48.6 Å². The number of rotatable bonds is 4. The zero-order chi connectivity index (χ0) is 17.9. The highest BCUT2D eigenvalue weighted by molar-refractivity contribution is 6.32. The average Bonchev–Trinajstić information content (AvgIpc) is 2.62. The molecule has 0 fully saturated rings. The van der Waals surface area contributed by atoms with E-state index >= 15 is 0 Å². The van der Waals surface area contributed by atoms with E-state index in [1.165, 1.54) is 0 Å². The predicted octanol–water partition coefficient (Wildman–Crippen LogP) is 5.55. The Morgan fingerprint density at radius 1 is 1.04 bits per heavy atom. The summed E-state index contributed by atoms with van der Waals surface area (Å²) in [6, 6.07) is 15.5. The Balaban J connectivity index is 1.68. The number of carbonyl (C=O) groups is 1. The highest BCUT2D eigenvalue weighted by Crippen LogP contribution is 2.39. The molecule has 2 unspecified atom stereocenters. The Morgan fingerprint density at radius 3 is 2.36 bits per heavy atom. The third-order valence-corrected chi connectivity index (χ3v) is 4.88. The van der Waals surface area contributed by atoms with Crippen LogP contribution in [0.25, 0.3) is 0 Å². The van der Waals surface area contributed by atoms with Crippen LogP contribution in [0, 0.1) is 5.92 Å². The van der Waals surface area contributed by atoms with Crippen molar-refractivity contribution in [1.29, 1.82) is 0 Å². The number of esters is 1. The number of hydrogen-bond donors (Lipinski definition) is 0. The van der Waals surface area contributed by atoms with Crippen LogP contribution in [0.2, 0.25) is 0 Å². The number of benzene rings is 2. The molecular formula is C20H16Cl2O3. The van der Waals surface area contributed by atoms with Gasteiger partial charge in [0, 0.05) is 5.03 Å². The van der Waals surface area contributed by atoms with Crippen molar-refractivity contribution in [1.82, 2.24) is 0 Å². The van der Waals surface area contributed by atoms with Gasteiger partial charge in [-0.25, -0.2) is 4.79 Å². The van der Waals surface area contributed by atoms with Gasteiger partial charge in [0.2, 0.25) is 5.06 Å². The molecule has 3 nitrogen and oxygen atoms in total. The zero-order valence-electron chi connectivity index (χ0n) is 13.5. The molecule has 0 radical (unpaired) electrons. The van der Waals surface area contributed by atoms with Crippen molar-refractivity contribution in [2.24, 2.45) is 5.92 Å². The number of ether oxygens (including phenoxy) is 2. The highest BCUT2D eigenvalue weighted by Gasteiger charge is 2.37. The number of allylic oxidation sites excluding steroid dienone is 2. The zero-order valence-corrected chi connectivity index (χ0v) is 15.0. The molecule has 0 saturated heterocycles. The second-order valence-corrected chi connectivity index (χ2v) is 6.69. The van der Waals surface area contributed by atoms with E-state index in [1.807, 2.05) is 13.0 Å². The van der Waals surface area contributed by atoms with E-state index < -0.39 is 11.0 Å². The van der Waals surface area contributed by atoms with Crippen molar-refractivity contribution >= 4 is 29.2 Å². The van der Waals surface area contributed by atoms with Crippen molar-refractivity contribution in [2.75, 3.05) is 0 Å². The first kappa shape index (κ1) is 17.6. The van der Waals surface area contributed by atoms with E-state index in [2.05, 4.69) is 0 Å². The van der Waals surface area contributed by atoms with Crippen molar-refractivity contribution < 1.29 is 14.3 Å². The van der Waals surface area contributed by atoms with Crippen molar-refractivity contribution in [3.05, 3.63) is 83.4 Å². The van der Waals surface area contributed by atoms with Gasteiger partial charge in [0.05, 0.1) is 11.5 Å². The maximum absolute atomic E-state index is 12.0. The summed E-state index contributed by atoms with van der Waals surface area (Å²) in [7, 11) is 0. The molecule has 0 aromatic heterocycles. The number of alkyl halides is 1. The molecule has 128 valence electrons. The van der Waals surface area contributed by atoms with Crippen LogP contribution in [0.15, 0.2) is 77.9 Å². The molecule has 2 aromatic carbocycles. The SMILES string of the molecule is CC1C(Cl)=CC=CC1(Cl)Oc1ccc(OC(=O)c2ccccc2)cc1. The lowest BCUT2D eigenvalue weighted by Gasteiger charge is -2.32. The van der Waals surface area contributed by atoms with Gasteiger partial charge in [-0.3, -0.25) is 0 Å². The van der Waals surface area contributed by atoms with Crippen LogP contribution in [0.1, 0.15) is 17.3 Å². The van der Waals surface area contributed by atoms with Gasteiger partial charge < -0.3 is 9.47 Å². The topological polar surface area (TPSA) is 35.5 Å². The normalized spacial score (nSPS) is 22.2. The summed E-state index contributed by atoms with van der Waals surface area (Å²) >= 11 is 12.7. The summed E-state index contributed by atoms with van der Waals surface area (Å²) in [4.78, 5) is 12.0. The Labute approximate surface area is 156 Å². The largest absolute Gasteiger partial charge is 0.468 e. The second-order valence-electron chi connectivity index (χ2n) is 5.66. The van der Waals surface area contributed by atoms with Crippen LogP contribution in [0.4, 0.5) is 0 Å². The van der Waals surface area contributed by atoms with Crippen LogP contribution < -0.4 is 9.47 Å². The van der Waals surface area contributed by atoms with Gasteiger partial charge in [0.1, 0.15) is 11.5 Å². The first-order valence-corrected chi connectivity index (χ1v) is 8.54. The summed E-state index contributed by atoms with van der Waals surface area (Å²) in [5, 5.41) is -0.417. The van der Waals surface area contributed by atoms with Crippen LogP contribution in [-0.2, 0) is 0 Å². The summed E-state index contributed by atoms with van der Waals surface area (Å²) < 4.78 is 11.2. The van der Waals surface area contributed by atoms with Gasteiger partial charge in [0.25, 0.3) is 0 Å². The van der Waals surface area contributed by atoms with Crippen LogP contribution in [0.5, 0.6) is 11.5 Å². The average molecular weight is 375 g/mol. The van der Waals surface area contributed by atoms with E-state index in [9.17, 15) is 4.79 Å². The molecule has 0 heterocycles. The van der Waals surface area contributed by atoms with Gasteiger partial charge in [0.15, 0.2) is 0 Å². The molecule has 5 heteroatoms. The first-order chi connectivity index (χ1) is 12.0. The Kier molecular flexibility index (Phi) is 5.16. The number of hydrogen-bond acceptors (Lipinski definition) is 3.